The van der Waals surface area contributed by atoms with Gasteiger partial charge in [-0.3, -0.25) is 0 Å². The van der Waals surface area contributed by atoms with Crippen LogP contribution in [0.5, 0.6) is 0 Å². The molecular formula is C19H25N. The van der Waals surface area contributed by atoms with Gasteiger partial charge in [0, 0.05) is 5.54 Å². The molecule has 1 unspecified atom stereocenters. The van der Waals surface area contributed by atoms with E-state index in [2.05, 4.69) is 64.1 Å². The van der Waals surface area contributed by atoms with E-state index in [0.29, 0.717) is 0 Å². The van der Waals surface area contributed by atoms with E-state index in [1.165, 1.54) is 27.8 Å². The van der Waals surface area contributed by atoms with Crippen LogP contribution in [0.1, 0.15) is 41.2 Å². The first-order chi connectivity index (χ1) is 9.46. The molecule has 0 aromatic heterocycles. The number of aryl methyl sites for hydroxylation is 3. The molecule has 1 heteroatoms. The van der Waals surface area contributed by atoms with Crippen LogP contribution in [0, 0.1) is 20.8 Å². The Labute approximate surface area is 122 Å². The van der Waals surface area contributed by atoms with Crippen LogP contribution < -0.4 is 5.73 Å². The van der Waals surface area contributed by atoms with Crippen LogP contribution in [0.25, 0.3) is 0 Å². The Kier molecular flexibility index (Phi) is 4.29. The zero-order valence-corrected chi connectivity index (χ0v) is 13.0. The summed E-state index contributed by atoms with van der Waals surface area (Å²) >= 11 is 0. The molecule has 20 heavy (non-hydrogen) atoms. The molecule has 0 amide bonds. The molecule has 106 valence electrons. The quantitative estimate of drug-likeness (QED) is 0.872. The molecule has 0 bridgehead atoms. The lowest BCUT2D eigenvalue weighted by Crippen LogP contribution is -2.38. The van der Waals surface area contributed by atoms with Gasteiger partial charge >= 0.3 is 0 Å². The van der Waals surface area contributed by atoms with Crippen molar-refractivity contribution in [2.24, 2.45) is 5.73 Å². The molecule has 0 fully saturated rings. The second-order valence-electron chi connectivity index (χ2n) is 5.93. The minimum Gasteiger partial charge on any atom is -0.321 e. The van der Waals surface area contributed by atoms with Crippen LogP contribution in [0.15, 0.2) is 42.5 Å². The van der Waals surface area contributed by atoms with E-state index in [-0.39, 0.29) is 5.54 Å². The topological polar surface area (TPSA) is 26.0 Å². The summed E-state index contributed by atoms with van der Waals surface area (Å²) in [5.74, 6) is 0. The van der Waals surface area contributed by atoms with Gasteiger partial charge in [0.1, 0.15) is 0 Å². The third-order valence-electron chi connectivity index (χ3n) is 4.31. The molecule has 2 aromatic rings. The predicted molar refractivity (Wildman–Crippen MR) is 87.0 cm³/mol. The second kappa shape index (κ2) is 5.80. The fourth-order valence-electron chi connectivity index (χ4n) is 3.01. The zero-order chi connectivity index (χ0) is 14.8. The summed E-state index contributed by atoms with van der Waals surface area (Å²) in [6.45, 7) is 8.70. The van der Waals surface area contributed by atoms with Gasteiger partial charge in [0.2, 0.25) is 0 Å². The first-order valence-electron chi connectivity index (χ1n) is 7.37. The average molecular weight is 267 g/mol. The summed E-state index contributed by atoms with van der Waals surface area (Å²) in [6, 6.07) is 15.0. The Hall–Kier alpha value is -1.60. The fourth-order valence-corrected chi connectivity index (χ4v) is 3.01. The molecule has 0 aliphatic heterocycles. The monoisotopic (exact) mass is 267 g/mol. The maximum atomic E-state index is 6.73. The molecule has 0 saturated carbocycles. The number of hydrogen-bond acceptors (Lipinski definition) is 1. The second-order valence-corrected chi connectivity index (χ2v) is 5.93. The number of benzene rings is 2. The molecule has 2 rings (SSSR count). The van der Waals surface area contributed by atoms with E-state index in [0.717, 1.165) is 12.8 Å². The summed E-state index contributed by atoms with van der Waals surface area (Å²) in [4.78, 5) is 0. The van der Waals surface area contributed by atoms with Crippen molar-refractivity contribution in [2.45, 2.75) is 46.1 Å². The summed E-state index contributed by atoms with van der Waals surface area (Å²) in [6.07, 6.45) is 1.83. The third kappa shape index (κ3) is 2.94. The molecule has 2 N–H and O–H groups in total. The Balaban J connectivity index is 2.41. The lowest BCUT2D eigenvalue weighted by atomic mass is 9.80. The van der Waals surface area contributed by atoms with Gasteiger partial charge in [-0.05, 0) is 55.9 Å². The summed E-state index contributed by atoms with van der Waals surface area (Å²) in [7, 11) is 0. The Morgan fingerprint density at radius 3 is 2.00 bits per heavy atom. The van der Waals surface area contributed by atoms with Crippen molar-refractivity contribution in [1.82, 2.24) is 0 Å². The van der Waals surface area contributed by atoms with Gasteiger partial charge < -0.3 is 5.73 Å². The highest BCUT2D eigenvalue weighted by atomic mass is 14.7. The van der Waals surface area contributed by atoms with Crippen molar-refractivity contribution >= 4 is 0 Å². The van der Waals surface area contributed by atoms with Crippen LogP contribution in [0.2, 0.25) is 0 Å². The summed E-state index contributed by atoms with van der Waals surface area (Å²) in [5.41, 5.74) is 13.1. The molecule has 1 nitrogen and oxygen atoms in total. The number of nitrogens with two attached hydrogens (primary N) is 1. The predicted octanol–water partition coefficient (Wildman–Crippen LogP) is 4.42. The van der Waals surface area contributed by atoms with E-state index < -0.39 is 0 Å². The van der Waals surface area contributed by atoms with E-state index in [4.69, 9.17) is 5.73 Å². The van der Waals surface area contributed by atoms with Crippen molar-refractivity contribution in [3.05, 3.63) is 70.3 Å². The minimum absolute atomic E-state index is 0.286. The van der Waals surface area contributed by atoms with Gasteiger partial charge in [-0.15, -0.1) is 0 Å². The van der Waals surface area contributed by atoms with Gasteiger partial charge in [-0.25, -0.2) is 0 Å². The molecule has 0 heterocycles. The molecule has 0 aliphatic carbocycles. The highest BCUT2D eigenvalue weighted by molar-refractivity contribution is 5.40. The third-order valence-corrected chi connectivity index (χ3v) is 4.31. The minimum atomic E-state index is -0.286. The van der Waals surface area contributed by atoms with E-state index in [1.54, 1.807) is 0 Å². The lowest BCUT2D eigenvalue weighted by molar-refractivity contribution is 0.423. The number of hydrogen-bond donors (Lipinski definition) is 1. The molecule has 0 spiro atoms. The largest absolute Gasteiger partial charge is 0.321 e. The first-order valence-corrected chi connectivity index (χ1v) is 7.37. The molecule has 0 radical (unpaired) electrons. The molecule has 1 atom stereocenters. The highest BCUT2D eigenvalue weighted by Gasteiger charge is 2.26. The Morgan fingerprint density at radius 2 is 1.50 bits per heavy atom. The van der Waals surface area contributed by atoms with Gasteiger partial charge in [-0.1, -0.05) is 55.0 Å². The Morgan fingerprint density at radius 1 is 0.950 bits per heavy atom. The average Bonchev–Trinajstić information content (AvgIpc) is 2.43. The molecular weight excluding hydrogens is 242 g/mol. The van der Waals surface area contributed by atoms with Crippen molar-refractivity contribution in [2.75, 3.05) is 0 Å². The van der Waals surface area contributed by atoms with Crippen molar-refractivity contribution in [1.29, 1.82) is 0 Å². The van der Waals surface area contributed by atoms with E-state index in [1.807, 2.05) is 6.07 Å². The van der Waals surface area contributed by atoms with Gasteiger partial charge in [0.05, 0.1) is 0 Å². The van der Waals surface area contributed by atoms with Crippen LogP contribution in [-0.4, -0.2) is 0 Å². The SMILES string of the molecule is CCC(N)(Cc1c(C)cc(C)cc1C)c1ccccc1. The Bertz CT molecular complexity index is 563. The van der Waals surface area contributed by atoms with Gasteiger partial charge in [0.25, 0.3) is 0 Å². The highest BCUT2D eigenvalue weighted by Crippen LogP contribution is 2.29. The summed E-state index contributed by atoms with van der Waals surface area (Å²) < 4.78 is 0. The van der Waals surface area contributed by atoms with Crippen LogP contribution in [0.3, 0.4) is 0 Å². The van der Waals surface area contributed by atoms with Crippen molar-refractivity contribution < 1.29 is 0 Å². The van der Waals surface area contributed by atoms with Crippen LogP contribution in [-0.2, 0) is 12.0 Å². The standard InChI is InChI=1S/C19H25N/c1-5-19(20,17-9-7-6-8-10-17)13-18-15(3)11-14(2)12-16(18)4/h6-12H,5,13,20H2,1-4H3. The normalized spacial score (nSPS) is 14.1. The van der Waals surface area contributed by atoms with Crippen molar-refractivity contribution in [3.63, 3.8) is 0 Å². The maximum absolute atomic E-state index is 6.73. The molecule has 0 saturated heterocycles. The molecule has 2 aromatic carbocycles. The zero-order valence-electron chi connectivity index (χ0n) is 13.0. The van der Waals surface area contributed by atoms with Crippen LogP contribution in [0.4, 0.5) is 0 Å². The van der Waals surface area contributed by atoms with Crippen LogP contribution >= 0.6 is 0 Å². The van der Waals surface area contributed by atoms with Crippen molar-refractivity contribution in [3.8, 4) is 0 Å². The van der Waals surface area contributed by atoms with E-state index in [9.17, 15) is 0 Å². The first kappa shape index (κ1) is 14.8. The molecule has 0 aliphatic rings. The van der Waals surface area contributed by atoms with E-state index >= 15 is 0 Å². The smallest absolute Gasteiger partial charge is 0.0447 e. The number of rotatable bonds is 4. The summed E-state index contributed by atoms with van der Waals surface area (Å²) in [5, 5.41) is 0. The van der Waals surface area contributed by atoms with Gasteiger partial charge in [0.15, 0.2) is 0 Å². The lowest BCUT2D eigenvalue weighted by Gasteiger charge is -2.30. The van der Waals surface area contributed by atoms with Gasteiger partial charge in [-0.2, -0.15) is 0 Å². The fraction of sp³-hybridized carbons (Fsp3) is 0.368. The maximum Gasteiger partial charge on any atom is 0.0447 e.